The van der Waals surface area contributed by atoms with Crippen LogP contribution in [0.3, 0.4) is 0 Å². The molecule has 0 saturated heterocycles. The Morgan fingerprint density at radius 1 is 1.36 bits per heavy atom. The van der Waals surface area contributed by atoms with E-state index in [4.69, 9.17) is 0 Å². The van der Waals surface area contributed by atoms with E-state index in [9.17, 15) is 18.0 Å². The summed E-state index contributed by atoms with van der Waals surface area (Å²) in [7, 11) is 0. The second-order valence-electron chi connectivity index (χ2n) is 3.23. The van der Waals surface area contributed by atoms with Gasteiger partial charge in [-0.15, -0.1) is 0 Å². The number of aromatic nitrogens is 3. The first-order valence-corrected chi connectivity index (χ1v) is 4.26. The summed E-state index contributed by atoms with van der Waals surface area (Å²) < 4.78 is 38.1. The number of hydrogen-bond donors (Lipinski definition) is 2. The first kappa shape index (κ1) is 9.50. The van der Waals surface area contributed by atoms with E-state index in [1.807, 2.05) is 5.10 Å². The lowest BCUT2D eigenvalue weighted by Gasteiger charge is -2.18. The molecule has 1 aromatic rings. The standard InChI is InChI=1S/C6H6F3N3OS/c7-6(8,9)5(1-2-5)12-3(13)10-11-4(12)14/h1-2H2,(H,10,13)(H,11,14). The lowest BCUT2D eigenvalue weighted by Crippen LogP contribution is -2.40. The van der Waals surface area contributed by atoms with Crippen LogP contribution in [0.4, 0.5) is 13.2 Å². The molecule has 0 unspecified atom stereocenters. The minimum Gasteiger partial charge on any atom is -0.272 e. The molecule has 0 atom stereocenters. The highest BCUT2D eigenvalue weighted by Crippen LogP contribution is 2.54. The van der Waals surface area contributed by atoms with E-state index in [0.717, 1.165) is 0 Å². The number of rotatable bonds is 1. The zero-order valence-electron chi connectivity index (χ0n) is 6.81. The quantitative estimate of drug-likeness (QED) is 0.707. The average molecular weight is 225 g/mol. The van der Waals surface area contributed by atoms with Crippen molar-refractivity contribution in [1.29, 1.82) is 0 Å². The summed E-state index contributed by atoms with van der Waals surface area (Å²) >= 11 is 4.61. The Bertz CT molecular complexity index is 436. The Morgan fingerprint density at radius 3 is 2.21 bits per heavy atom. The largest absolute Gasteiger partial charge is 0.412 e. The van der Waals surface area contributed by atoms with Crippen LogP contribution in [-0.2, 0) is 5.54 Å². The monoisotopic (exact) mass is 225 g/mol. The van der Waals surface area contributed by atoms with Gasteiger partial charge in [0.1, 0.15) is 5.54 Å². The molecule has 8 heteroatoms. The van der Waals surface area contributed by atoms with Crippen LogP contribution in [0.15, 0.2) is 4.79 Å². The van der Waals surface area contributed by atoms with Gasteiger partial charge in [-0.1, -0.05) is 0 Å². The fourth-order valence-corrected chi connectivity index (χ4v) is 1.76. The Labute approximate surface area is 80.7 Å². The summed E-state index contributed by atoms with van der Waals surface area (Å²) in [5.74, 6) is 0. The topological polar surface area (TPSA) is 53.6 Å². The maximum absolute atomic E-state index is 12.6. The number of alkyl halides is 3. The van der Waals surface area contributed by atoms with E-state index >= 15 is 0 Å². The van der Waals surface area contributed by atoms with Crippen LogP contribution in [0.25, 0.3) is 0 Å². The molecule has 14 heavy (non-hydrogen) atoms. The summed E-state index contributed by atoms with van der Waals surface area (Å²) in [5.41, 5.74) is -2.91. The van der Waals surface area contributed by atoms with Gasteiger partial charge in [-0.2, -0.15) is 13.2 Å². The molecule has 0 bridgehead atoms. The molecule has 1 aromatic heterocycles. The van der Waals surface area contributed by atoms with Crippen molar-refractivity contribution in [3.05, 3.63) is 15.3 Å². The first-order valence-electron chi connectivity index (χ1n) is 3.85. The number of hydrogen-bond acceptors (Lipinski definition) is 2. The van der Waals surface area contributed by atoms with E-state index in [0.29, 0.717) is 4.57 Å². The predicted molar refractivity (Wildman–Crippen MR) is 43.5 cm³/mol. The third-order valence-electron chi connectivity index (χ3n) is 2.36. The maximum Gasteiger partial charge on any atom is 0.412 e. The Hall–Kier alpha value is -1.05. The van der Waals surface area contributed by atoms with Gasteiger partial charge in [0.2, 0.25) is 0 Å². The molecule has 0 radical (unpaired) electrons. The lowest BCUT2D eigenvalue weighted by atomic mass is 10.2. The maximum atomic E-state index is 12.6. The number of nitrogens with one attached hydrogen (secondary N) is 2. The molecular weight excluding hydrogens is 219 g/mol. The van der Waals surface area contributed by atoms with Gasteiger partial charge in [0, 0.05) is 0 Å². The van der Waals surface area contributed by atoms with Crippen LogP contribution in [-0.4, -0.2) is 20.9 Å². The van der Waals surface area contributed by atoms with Gasteiger partial charge in [-0.05, 0) is 25.1 Å². The minimum atomic E-state index is -4.43. The molecule has 1 aliphatic carbocycles. The molecule has 78 valence electrons. The highest BCUT2D eigenvalue weighted by Gasteiger charge is 2.66. The smallest absolute Gasteiger partial charge is 0.272 e. The molecular formula is C6H6F3N3OS. The van der Waals surface area contributed by atoms with E-state index < -0.39 is 17.4 Å². The molecule has 4 nitrogen and oxygen atoms in total. The van der Waals surface area contributed by atoms with Crippen LogP contribution in [0, 0.1) is 4.77 Å². The van der Waals surface area contributed by atoms with Crippen molar-refractivity contribution in [3.8, 4) is 0 Å². The Morgan fingerprint density at radius 2 is 1.93 bits per heavy atom. The summed E-state index contributed by atoms with van der Waals surface area (Å²) in [6.07, 6.45) is -4.61. The lowest BCUT2D eigenvalue weighted by molar-refractivity contribution is -0.180. The molecule has 2 rings (SSSR count). The predicted octanol–water partition coefficient (Wildman–Crippen LogP) is 1.29. The van der Waals surface area contributed by atoms with Crippen LogP contribution in [0.1, 0.15) is 12.8 Å². The normalized spacial score (nSPS) is 19.6. The SMILES string of the molecule is O=c1[nH][nH]c(=S)n1C1(C(F)(F)F)CC1. The van der Waals surface area contributed by atoms with Gasteiger partial charge in [0.15, 0.2) is 4.77 Å². The molecule has 1 fully saturated rings. The van der Waals surface area contributed by atoms with Crippen molar-refractivity contribution >= 4 is 12.2 Å². The van der Waals surface area contributed by atoms with Gasteiger partial charge >= 0.3 is 11.9 Å². The Balaban J connectivity index is 2.62. The fraction of sp³-hybridized carbons (Fsp3) is 0.667. The van der Waals surface area contributed by atoms with Crippen LogP contribution >= 0.6 is 12.2 Å². The molecule has 2 N–H and O–H groups in total. The summed E-state index contributed by atoms with van der Waals surface area (Å²) in [4.78, 5) is 11.1. The van der Waals surface area contributed by atoms with Gasteiger partial charge in [0.25, 0.3) is 0 Å². The minimum absolute atomic E-state index is 0.0915. The highest BCUT2D eigenvalue weighted by molar-refractivity contribution is 7.71. The Kier molecular flexibility index (Phi) is 1.70. The second-order valence-corrected chi connectivity index (χ2v) is 3.61. The van der Waals surface area contributed by atoms with Crippen molar-refractivity contribution in [2.24, 2.45) is 0 Å². The van der Waals surface area contributed by atoms with Crippen molar-refractivity contribution in [1.82, 2.24) is 14.8 Å². The number of H-pyrrole nitrogens is 2. The number of halogens is 3. The molecule has 1 saturated carbocycles. The molecule has 0 aliphatic heterocycles. The van der Waals surface area contributed by atoms with E-state index in [1.165, 1.54) is 0 Å². The fourth-order valence-electron chi connectivity index (χ4n) is 1.45. The van der Waals surface area contributed by atoms with Gasteiger partial charge in [-0.3, -0.25) is 9.67 Å². The first-order chi connectivity index (χ1) is 6.38. The van der Waals surface area contributed by atoms with Crippen molar-refractivity contribution in [2.45, 2.75) is 24.6 Å². The van der Waals surface area contributed by atoms with Gasteiger partial charge in [0.05, 0.1) is 0 Å². The van der Waals surface area contributed by atoms with Crippen LogP contribution in [0.2, 0.25) is 0 Å². The van der Waals surface area contributed by atoms with Crippen molar-refractivity contribution < 1.29 is 13.2 Å². The molecule has 1 heterocycles. The van der Waals surface area contributed by atoms with Crippen molar-refractivity contribution in [3.63, 3.8) is 0 Å². The number of nitrogens with zero attached hydrogens (tertiary/aromatic N) is 1. The van der Waals surface area contributed by atoms with E-state index in [2.05, 4.69) is 17.3 Å². The van der Waals surface area contributed by atoms with E-state index in [-0.39, 0.29) is 17.6 Å². The number of aromatic amines is 2. The van der Waals surface area contributed by atoms with E-state index in [1.54, 1.807) is 0 Å². The molecule has 0 aromatic carbocycles. The molecule has 0 amide bonds. The van der Waals surface area contributed by atoms with Gasteiger partial charge in [-0.25, -0.2) is 9.89 Å². The average Bonchev–Trinajstić information content (AvgIpc) is 2.76. The van der Waals surface area contributed by atoms with Crippen LogP contribution in [0.5, 0.6) is 0 Å². The third-order valence-corrected chi connectivity index (χ3v) is 2.65. The molecule has 0 spiro atoms. The highest BCUT2D eigenvalue weighted by atomic mass is 32.1. The van der Waals surface area contributed by atoms with Gasteiger partial charge < -0.3 is 0 Å². The summed E-state index contributed by atoms with van der Waals surface area (Å²) in [5, 5.41) is 4.23. The summed E-state index contributed by atoms with van der Waals surface area (Å²) in [6, 6.07) is 0. The zero-order valence-corrected chi connectivity index (χ0v) is 7.63. The van der Waals surface area contributed by atoms with Crippen molar-refractivity contribution in [2.75, 3.05) is 0 Å². The zero-order chi connectivity index (χ0) is 10.6. The second kappa shape index (κ2) is 2.50. The van der Waals surface area contributed by atoms with Crippen LogP contribution < -0.4 is 5.69 Å². The molecule has 1 aliphatic rings. The summed E-state index contributed by atoms with van der Waals surface area (Å²) in [6.45, 7) is 0. The third kappa shape index (κ3) is 1.06.